The number of aryl methyl sites for hydroxylation is 1. The number of hydrogen-bond donors (Lipinski definition) is 2. The molecule has 2 aromatic rings. The zero-order valence-corrected chi connectivity index (χ0v) is 19.9. The van der Waals surface area contributed by atoms with Gasteiger partial charge in [-0.25, -0.2) is 4.79 Å². The summed E-state index contributed by atoms with van der Waals surface area (Å²) in [6.07, 6.45) is 12.1. The van der Waals surface area contributed by atoms with Crippen LogP contribution in [0.15, 0.2) is 36.4 Å². The van der Waals surface area contributed by atoms with E-state index >= 15 is 0 Å². The Balaban J connectivity index is 1.32. The lowest BCUT2D eigenvalue weighted by molar-refractivity contribution is -0.116. The molecule has 1 aromatic carbocycles. The van der Waals surface area contributed by atoms with Crippen LogP contribution in [0.1, 0.15) is 73.5 Å². The highest BCUT2D eigenvalue weighted by atomic mass is 16.2. The summed E-state index contributed by atoms with van der Waals surface area (Å²) in [6, 6.07) is 10.4. The molecule has 2 aliphatic rings. The largest absolute Gasteiger partial charge is 0.348 e. The Hall–Kier alpha value is -3.02. The molecule has 0 atom stereocenters. The summed E-state index contributed by atoms with van der Waals surface area (Å²) < 4.78 is 2.46. The number of carbonyl (C=O) groups is 2. The van der Waals surface area contributed by atoms with E-state index in [9.17, 15) is 9.59 Å². The summed E-state index contributed by atoms with van der Waals surface area (Å²) in [7, 11) is 0. The second-order valence-corrected chi connectivity index (χ2v) is 9.36. The van der Waals surface area contributed by atoms with Gasteiger partial charge in [0.05, 0.1) is 0 Å². The molecule has 0 bridgehead atoms. The summed E-state index contributed by atoms with van der Waals surface area (Å²) >= 11 is 0. The van der Waals surface area contributed by atoms with Gasteiger partial charge in [-0.15, -0.1) is 0 Å². The molecule has 33 heavy (non-hydrogen) atoms. The average molecular weight is 449 g/mol. The molecule has 6 heteroatoms. The fourth-order valence-corrected chi connectivity index (χ4v) is 5.17. The smallest absolute Gasteiger partial charge is 0.321 e. The van der Waals surface area contributed by atoms with Gasteiger partial charge in [-0.1, -0.05) is 31.4 Å². The normalized spacial score (nSPS) is 17.0. The maximum absolute atomic E-state index is 12.4. The lowest BCUT2D eigenvalue weighted by Gasteiger charge is -2.26. The number of rotatable bonds is 6. The van der Waals surface area contributed by atoms with Gasteiger partial charge in [0.2, 0.25) is 5.91 Å². The van der Waals surface area contributed by atoms with E-state index in [4.69, 9.17) is 0 Å². The summed E-state index contributed by atoms with van der Waals surface area (Å²) in [5.74, 6) is -0.121. The van der Waals surface area contributed by atoms with E-state index in [0.717, 1.165) is 42.7 Å². The molecule has 1 aliphatic heterocycles. The summed E-state index contributed by atoms with van der Waals surface area (Å²) in [5.41, 5.74) is 5.33. The number of anilines is 1. The van der Waals surface area contributed by atoms with Crippen molar-refractivity contribution in [2.45, 2.75) is 71.4 Å². The molecule has 2 N–H and O–H groups in total. The number of likely N-dealkylation sites (tertiary alicyclic amines) is 1. The van der Waals surface area contributed by atoms with Gasteiger partial charge in [0.1, 0.15) is 0 Å². The van der Waals surface area contributed by atoms with Crippen molar-refractivity contribution in [2.24, 2.45) is 0 Å². The van der Waals surface area contributed by atoms with Crippen molar-refractivity contribution in [2.75, 3.05) is 18.4 Å². The molecule has 2 fully saturated rings. The Labute approximate surface area is 197 Å². The first-order valence-corrected chi connectivity index (χ1v) is 12.3. The van der Waals surface area contributed by atoms with Crippen LogP contribution < -0.4 is 10.6 Å². The maximum Gasteiger partial charge on any atom is 0.321 e. The first-order chi connectivity index (χ1) is 16.0. The molecule has 0 spiro atoms. The van der Waals surface area contributed by atoms with Crippen LogP contribution in [0.2, 0.25) is 0 Å². The third-order valence-corrected chi connectivity index (χ3v) is 6.92. The van der Waals surface area contributed by atoms with Crippen LogP contribution in [-0.4, -0.2) is 34.5 Å². The van der Waals surface area contributed by atoms with E-state index in [2.05, 4.69) is 35.1 Å². The molecule has 2 heterocycles. The second kappa shape index (κ2) is 10.7. The van der Waals surface area contributed by atoms with Crippen molar-refractivity contribution >= 4 is 23.7 Å². The lowest BCUT2D eigenvalue weighted by atomic mass is 9.95. The van der Waals surface area contributed by atoms with E-state index in [1.807, 2.05) is 35.2 Å². The highest BCUT2D eigenvalue weighted by Gasteiger charge is 2.20. The summed E-state index contributed by atoms with van der Waals surface area (Å²) in [6.45, 7) is 6.36. The van der Waals surface area contributed by atoms with Crippen LogP contribution in [0.5, 0.6) is 0 Å². The van der Waals surface area contributed by atoms with Crippen LogP contribution >= 0.6 is 0 Å². The van der Waals surface area contributed by atoms with E-state index in [1.54, 1.807) is 6.08 Å². The zero-order valence-electron chi connectivity index (χ0n) is 19.9. The predicted molar refractivity (Wildman–Crippen MR) is 133 cm³/mol. The predicted octanol–water partition coefficient (Wildman–Crippen LogP) is 5.57. The quantitative estimate of drug-likeness (QED) is 0.568. The maximum atomic E-state index is 12.4. The molecule has 3 amide bonds. The molecule has 176 valence electrons. The van der Waals surface area contributed by atoms with Crippen molar-refractivity contribution in [1.82, 2.24) is 14.8 Å². The molecule has 1 aliphatic carbocycles. The van der Waals surface area contributed by atoms with E-state index in [0.29, 0.717) is 12.6 Å². The Morgan fingerprint density at radius 1 is 1.03 bits per heavy atom. The van der Waals surface area contributed by atoms with Gasteiger partial charge in [-0.3, -0.25) is 4.79 Å². The SMILES string of the molecule is Cc1cc(C=CC(=O)NCc2cccc(NC(=O)N3CCCC3)c2)c(C)n1C1CCCCC1. The monoisotopic (exact) mass is 448 g/mol. The van der Waals surface area contributed by atoms with E-state index in [1.165, 1.54) is 43.5 Å². The number of nitrogens with one attached hydrogen (secondary N) is 2. The van der Waals surface area contributed by atoms with Crippen LogP contribution in [0.25, 0.3) is 6.08 Å². The van der Waals surface area contributed by atoms with Crippen molar-refractivity contribution in [3.8, 4) is 0 Å². The minimum absolute atomic E-state index is 0.0533. The highest BCUT2D eigenvalue weighted by Crippen LogP contribution is 2.32. The Bertz CT molecular complexity index is 1010. The number of aromatic nitrogens is 1. The fraction of sp³-hybridized carbons (Fsp3) is 0.481. The first-order valence-electron chi connectivity index (χ1n) is 12.3. The minimum atomic E-state index is -0.121. The topological polar surface area (TPSA) is 66.4 Å². The molecule has 6 nitrogen and oxygen atoms in total. The van der Waals surface area contributed by atoms with E-state index < -0.39 is 0 Å². The number of urea groups is 1. The van der Waals surface area contributed by atoms with Crippen molar-refractivity contribution in [3.63, 3.8) is 0 Å². The molecule has 0 radical (unpaired) electrons. The summed E-state index contributed by atoms with van der Waals surface area (Å²) in [4.78, 5) is 26.6. The molecule has 4 rings (SSSR count). The van der Waals surface area contributed by atoms with Crippen molar-refractivity contribution < 1.29 is 9.59 Å². The third-order valence-electron chi connectivity index (χ3n) is 6.92. The Morgan fingerprint density at radius 2 is 1.79 bits per heavy atom. The number of carbonyl (C=O) groups excluding carboxylic acids is 2. The van der Waals surface area contributed by atoms with Gasteiger partial charge >= 0.3 is 6.03 Å². The second-order valence-electron chi connectivity index (χ2n) is 9.36. The molecule has 1 aromatic heterocycles. The van der Waals surface area contributed by atoms with Gasteiger partial charge in [-0.05, 0) is 74.9 Å². The number of hydrogen-bond acceptors (Lipinski definition) is 2. The van der Waals surface area contributed by atoms with Crippen LogP contribution in [0, 0.1) is 13.8 Å². The Kier molecular flexibility index (Phi) is 7.53. The number of amides is 3. The minimum Gasteiger partial charge on any atom is -0.348 e. The lowest BCUT2D eigenvalue weighted by Crippen LogP contribution is -2.32. The summed E-state index contributed by atoms with van der Waals surface area (Å²) in [5, 5.41) is 5.91. The average Bonchev–Trinajstić information content (AvgIpc) is 3.45. The van der Waals surface area contributed by atoms with Gasteiger partial charge in [0, 0.05) is 48.8 Å². The first kappa shape index (κ1) is 23.1. The van der Waals surface area contributed by atoms with Gasteiger partial charge in [0.25, 0.3) is 0 Å². The van der Waals surface area contributed by atoms with Crippen LogP contribution in [-0.2, 0) is 11.3 Å². The van der Waals surface area contributed by atoms with Gasteiger partial charge in [0.15, 0.2) is 0 Å². The van der Waals surface area contributed by atoms with E-state index in [-0.39, 0.29) is 11.9 Å². The fourth-order valence-electron chi connectivity index (χ4n) is 5.17. The molecule has 0 unspecified atom stereocenters. The van der Waals surface area contributed by atoms with Crippen molar-refractivity contribution in [1.29, 1.82) is 0 Å². The molecular weight excluding hydrogens is 412 g/mol. The standard InChI is InChI=1S/C27H36N4O2/c1-20-17-23(21(2)31(20)25-11-4-3-5-12-25)13-14-26(32)28-19-22-9-8-10-24(18-22)29-27(33)30-15-6-7-16-30/h8-10,13-14,17-18,25H,3-7,11-12,15-16,19H2,1-2H3,(H,28,32)(H,29,33). The number of benzene rings is 1. The van der Waals surface area contributed by atoms with Crippen molar-refractivity contribution in [3.05, 3.63) is 58.9 Å². The van der Waals surface area contributed by atoms with Crippen LogP contribution in [0.4, 0.5) is 10.5 Å². The van der Waals surface area contributed by atoms with Gasteiger partial charge < -0.3 is 20.1 Å². The molecule has 1 saturated heterocycles. The third kappa shape index (κ3) is 5.86. The molecular formula is C27H36N4O2. The Morgan fingerprint density at radius 3 is 2.55 bits per heavy atom. The van der Waals surface area contributed by atoms with Gasteiger partial charge in [-0.2, -0.15) is 0 Å². The van der Waals surface area contributed by atoms with Crippen LogP contribution in [0.3, 0.4) is 0 Å². The molecule has 1 saturated carbocycles. The highest BCUT2D eigenvalue weighted by molar-refractivity contribution is 5.92. The number of nitrogens with zero attached hydrogens (tertiary/aromatic N) is 2. The zero-order chi connectivity index (χ0) is 23.2.